The molecule has 0 rings (SSSR count). The second-order valence-electron chi connectivity index (χ2n) is 8.88. The summed E-state index contributed by atoms with van der Waals surface area (Å²) in [7, 11) is 0. The van der Waals surface area contributed by atoms with Crippen LogP contribution in [0.4, 0.5) is 0 Å². The van der Waals surface area contributed by atoms with Crippen LogP contribution < -0.4 is 0 Å². The minimum absolute atomic E-state index is 0.523. The minimum atomic E-state index is -1.63. The fourth-order valence-electron chi connectivity index (χ4n) is 3.75. The average molecular weight is 287 g/mol. The van der Waals surface area contributed by atoms with E-state index in [1.165, 1.54) is 15.8 Å². The molecular weight excluding hydrogens is 253 g/mol. The first-order valence-corrected chi connectivity index (χ1v) is 13.4. The van der Waals surface area contributed by atoms with E-state index in [0.717, 1.165) is 5.92 Å². The van der Waals surface area contributed by atoms with Crippen molar-refractivity contribution in [1.82, 2.24) is 0 Å². The Balaban J connectivity index is 4.75. The zero-order chi connectivity index (χ0) is 13.2. The topological polar surface area (TPSA) is 0 Å². The summed E-state index contributed by atoms with van der Waals surface area (Å²) in [6.45, 7) is 19.3. The molecule has 0 saturated heterocycles. The van der Waals surface area contributed by atoms with Crippen LogP contribution in [0.1, 0.15) is 55.4 Å². The molecule has 0 saturated carbocycles. The molecule has 0 N–H and O–H groups in total. The standard InChI is InChI=1S/C15H34Ge/c1-13(2)10-16(9,11-14(3,4)5)12-15(6,7)8/h13H,10-12H2,1-9H3. The van der Waals surface area contributed by atoms with Crippen LogP contribution in [-0.4, -0.2) is 13.3 Å². The average Bonchev–Trinajstić information content (AvgIpc) is 1.69. The molecule has 0 bridgehead atoms. The first-order chi connectivity index (χ1) is 6.83. The second-order valence-corrected chi connectivity index (χ2v) is 18.8. The molecule has 16 heavy (non-hydrogen) atoms. The summed E-state index contributed by atoms with van der Waals surface area (Å²) < 4.78 is 0. The fraction of sp³-hybridized carbons (Fsp3) is 1.00. The monoisotopic (exact) mass is 288 g/mol. The normalized spacial score (nSPS) is 14.6. The summed E-state index contributed by atoms with van der Waals surface area (Å²) in [6.07, 6.45) is 0. The quantitative estimate of drug-likeness (QED) is 0.572. The SMILES string of the molecule is CC(C)[CH2][Ge]([CH3])([CH2]C(C)(C)C)[CH2]C(C)(C)C. The van der Waals surface area contributed by atoms with Gasteiger partial charge in [-0.05, 0) is 0 Å². The van der Waals surface area contributed by atoms with Crippen LogP contribution in [0, 0.1) is 16.7 Å². The zero-order valence-electron chi connectivity index (χ0n) is 13.2. The van der Waals surface area contributed by atoms with Crippen molar-refractivity contribution in [3.8, 4) is 0 Å². The molecule has 0 aromatic carbocycles. The predicted octanol–water partition coefficient (Wildman–Crippen LogP) is 5.81. The second kappa shape index (κ2) is 5.46. The van der Waals surface area contributed by atoms with Crippen LogP contribution in [0.5, 0.6) is 0 Å². The molecule has 0 aromatic rings. The zero-order valence-corrected chi connectivity index (χ0v) is 15.3. The van der Waals surface area contributed by atoms with E-state index in [0.29, 0.717) is 10.8 Å². The Kier molecular flexibility index (Phi) is 5.64. The van der Waals surface area contributed by atoms with Crippen molar-refractivity contribution >= 4 is 13.3 Å². The van der Waals surface area contributed by atoms with E-state index >= 15 is 0 Å². The molecule has 0 radical (unpaired) electrons. The van der Waals surface area contributed by atoms with Crippen LogP contribution in [0.3, 0.4) is 0 Å². The van der Waals surface area contributed by atoms with Gasteiger partial charge in [0.15, 0.2) is 0 Å². The molecule has 0 aliphatic rings. The molecule has 0 aliphatic heterocycles. The summed E-state index contributed by atoms with van der Waals surface area (Å²) in [5.41, 5.74) is 1.05. The Labute approximate surface area is 107 Å². The maximum atomic E-state index is 2.68. The van der Waals surface area contributed by atoms with Gasteiger partial charge in [0.2, 0.25) is 0 Å². The van der Waals surface area contributed by atoms with Crippen molar-refractivity contribution < 1.29 is 0 Å². The van der Waals surface area contributed by atoms with Crippen molar-refractivity contribution in [3.05, 3.63) is 0 Å². The van der Waals surface area contributed by atoms with Gasteiger partial charge in [0.05, 0.1) is 0 Å². The Hall–Kier alpha value is 0.543. The molecule has 0 aliphatic carbocycles. The molecule has 0 heterocycles. The van der Waals surface area contributed by atoms with E-state index in [4.69, 9.17) is 0 Å². The molecule has 0 unspecified atom stereocenters. The van der Waals surface area contributed by atoms with Crippen LogP contribution in [0.2, 0.25) is 21.5 Å². The van der Waals surface area contributed by atoms with Gasteiger partial charge in [0.25, 0.3) is 0 Å². The molecular formula is C15H34Ge. The Bertz CT molecular complexity index is 186. The number of rotatable bonds is 4. The van der Waals surface area contributed by atoms with E-state index in [9.17, 15) is 0 Å². The first-order valence-electron chi connectivity index (χ1n) is 6.83. The van der Waals surface area contributed by atoms with Crippen LogP contribution in [0.25, 0.3) is 0 Å². The molecule has 1 heteroatoms. The Morgan fingerprint density at radius 3 is 1.31 bits per heavy atom. The van der Waals surface area contributed by atoms with Gasteiger partial charge >= 0.3 is 107 Å². The molecule has 98 valence electrons. The molecule has 0 spiro atoms. The first kappa shape index (κ1) is 16.5. The van der Waals surface area contributed by atoms with Crippen molar-refractivity contribution in [2.45, 2.75) is 76.9 Å². The van der Waals surface area contributed by atoms with Gasteiger partial charge in [-0.25, -0.2) is 0 Å². The maximum absolute atomic E-state index is 2.68. The van der Waals surface area contributed by atoms with E-state index in [1.807, 2.05) is 0 Å². The van der Waals surface area contributed by atoms with Gasteiger partial charge in [-0.15, -0.1) is 0 Å². The van der Waals surface area contributed by atoms with Crippen molar-refractivity contribution in [2.24, 2.45) is 16.7 Å². The predicted molar refractivity (Wildman–Crippen MR) is 79.8 cm³/mol. The third-order valence-corrected chi connectivity index (χ3v) is 14.6. The van der Waals surface area contributed by atoms with Crippen LogP contribution in [0.15, 0.2) is 0 Å². The molecule has 0 fully saturated rings. The Morgan fingerprint density at radius 1 is 0.812 bits per heavy atom. The molecule has 0 atom stereocenters. The van der Waals surface area contributed by atoms with Crippen LogP contribution >= 0.6 is 0 Å². The van der Waals surface area contributed by atoms with Gasteiger partial charge in [-0.1, -0.05) is 0 Å². The summed E-state index contributed by atoms with van der Waals surface area (Å²) >= 11 is -1.63. The van der Waals surface area contributed by atoms with Crippen molar-refractivity contribution in [3.63, 3.8) is 0 Å². The summed E-state index contributed by atoms with van der Waals surface area (Å²) in [5, 5.41) is 4.57. The summed E-state index contributed by atoms with van der Waals surface area (Å²) in [6, 6.07) is 0. The van der Waals surface area contributed by atoms with E-state index < -0.39 is 13.3 Å². The van der Waals surface area contributed by atoms with Gasteiger partial charge in [0.1, 0.15) is 0 Å². The summed E-state index contributed by atoms with van der Waals surface area (Å²) in [4.78, 5) is 0. The van der Waals surface area contributed by atoms with Gasteiger partial charge in [0, 0.05) is 0 Å². The number of hydrogen-bond donors (Lipinski definition) is 0. The molecule has 0 nitrogen and oxygen atoms in total. The van der Waals surface area contributed by atoms with Gasteiger partial charge in [-0.2, -0.15) is 0 Å². The van der Waals surface area contributed by atoms with Crippen molar-refractivity contribution in [1.29, 1.82) is 0 Å². The third kappa shape index (κ3) is 8.67. The Morgan fingerprint density at radius 2 is 1.12 bits per heavy atom. The van der Waals surface area contributed by atoms with E-state index in [-0.39, 0.29) is 0 Å². The number of hydrogen-bond acceptors (Lipinski definition) is 0. The third-order valence-electron chi connectivity index (χ3n) is 2.82. The summed E-state index contributed by atoms with van der Waals surface area (Å²) in [5.74, 6) is 3.56. The van der Waals surface area contributed by atoms with E-state index in [2.05, 4.69) is 61.1 Å². The van der Waals surface area contributed by atoms with Gasteiger partial charge in [-0.3, -0.25) is 0 Å². The fourth-order valence-corrected chi connectivity index (χ4v) is 19.5. The van der Waals surface area contributed by atoms with Crippen molar-refractivity contribution in [2.75, 3.05) is 0 Å². The molecule has 0 amide bonds. The van der Waals surface area contributed by atoms with E-state index in [1.54, 1.807) is 0 Å². The van der Waals surface area contributed by atoms with Gasteiger partial charge < -0.3 is 0 Å². The van der Waals surface area contributed by atoms with Crippen LogP contribution in [-0.2, 0) is 0 Å². The molecule has 0 aromatic heterocycles.